The van der Waals surface area contributed by atoms with Gasteiger partial charge in [0, 0.05) is 0 Å². The lowest BCUT2D eigenvalue weighted by Crippen LogP contribution is -2.32. The molecule has 0 saturated heterocycles. The SMILES string of the molecule is CC(C)(C)OC(=O)NCc1nnc(C(N)=O)s1. The molecule has 0 aromatic carbocycles. The quantitative estimate of drug-likeness (QED) is 0.828. The predicted octanol–water partition coefficient (Wildman–Crippen LogP) is 0.662. The average molecular weight is 258 g/mol. The van der Waals surface area contributed by atoms with Crippen LogP contribution in [0.25, 0.3) is 0 Å². The maximum absolute atomic E-state index is 11.3. The van der Waals surface area contributed by atoms with Gasteiger partial charge in [-0.2, -0.15) is 0 Å². The lowest BCUT2D eigenvalue weighted by Gasteiger charge is -2.19. The highest BCUT2D eigenvalue weighted by Crippen LogP contribution is 2.10. The van der Waals surface area contributed by atoms with Crippen molar-refractivity contribution >= 4 is 23.3 Å². The van der Waals surface area contributed by atoms with Crippen molar-refractivity contribution in [1.82, 2.24) is 15.5 Å². The Labute approximate surface area is 102 Å². The molecule has 2 amide bonds. The van der Waals surface area contributed by atoms with Crippen molar-refractivity contribution in [2.24, 2.45) is 5.73 Å². The van der Waals surface area contributed by atoms with Crippen LogP contribution in [0.3, 0.4) is 0 Å². The minimum Gasteiger partial charge on any atom is -0.444 e. The first-order chi connectivity index (χ1) is 7.78. The predicted molar refractivity (Wildman–Crippen MR) is 61.5 cm³/mol. The number of nitrogens with two attached hydrogens (primary N) is 1. The molecule has 0 aliphatic rings. The molecule has 0 unspecified atom stereocenters. The number of rotatable bonds is 3. The van der Waals surface area contributed by atoms with E-state index in [1.807, 2.05) is 0 Å². The van der Waals surface area contributed by atoms with Crippen molar-refractivity contribution in [2.75, 3.05) is 0 Å². The molecule has 0 radical (unpaired) electrons. The van der Waals surface area contributed by atoms with Gasteiger partial charge < -0.3 is 15.8 Å². The van der Waals surface area contributed by atoms with Gasteiger partial charge in [-0.15, -0.1) is 10.2 Å². The fraction of sp³-hybridized carbons (Fsp3) is 0.556. The van der Waals surface area contributed by atoms with Crippen LogP contribution >= 0.6 is 11.3 Å². The van der Waals surface area contributed by atoms with E-state index in [1.54, 1.807) is 20.8 Å². The average Bonchev–Trinajstić information content (AvgIpc) is 2.60. The molecule has 0 bridgehead atoms. The third-order valence-electron chi connectivity index (χ3n) is 1.46. The largest absolute Gasteiger partial charge is 0.444 e. The molecule has 94 valence electrons. The summed E-state index contributed by atoms with van der Waals surface area (Å²) in [5.74, 6) is -0.633. The van der Waals surface area contributed by atoms with Crippen LogP contribution in [-0.2, 0) is 11.3 Å². The number of alkyl carbamates (subject to hydrolysis) is 1. The van der Waals surface area contributed by atoms with Crippen molar-refractivity contribution in [3.05, 3.63) is 10.0 Å². The van der Waals surface area contributed by atoms with Crippen LogP contribution in [0.5, 0.6) is 0 Å². The first-order valence-electron chi connectivity index (χ1n) is 4.87. The van der Waals surface area contributed by atoms with Gasteiger partial charge in [-0.1, -0.05) is 11.3 Å². The Hall–Kier alpha value is -1.70. The molecule has 1 heterocycles. The fourth-order valence-corrected chi connectivity index (χ4v) is 1.52. The second-order valence-electron chi connectivity index (χ2n) is 4.22. The van der Waals surface area contributed by atoms with E-state index in [4.69, 9.17) is 10.5 Å². The number of hydrogen-bond acceptors (Lipinski definition) is 6. The number of aromatic nitrogens is 2. The van der Waals surface area contributed by atoms with Crippen LogP contribution < -0.4 is 11.1 Å². The summed E-state index contributed by atoms with van der Waals surface area (Å²) in [7, 11) is 0. The summed E-state index contributed by atoms with van der Waals surface area (Å²) in [6.45, 7) is 5.45. The fourth-order valence-electron chi connectivity index (χ4n) is 0.887. The summed E-state index contributed by atoms with van der Waals surface area (Å²) in [5.41, 5.74) is 4.47. The summed E-state index contributed by atoms with van der Waals surface area (Å²) in [6.07, 6.45) is -0.548. The van der Waals surface area contributed by atoms with Crippen LogP contribution in [-0.4, -0.2) is 27.8 Å². The second-order valence-corrected chi connectivity index (χ2v) is 5.28. The molecular formula is C9H14N4O3S. The lowest BCUT2D eigenvalue weighted by molar-refractivity contribution is 0.0523. The minimum atomic E-state index is -0.633. The van der Waals surface area contributed by atoms with E-state index in [0.717, 1.165) is 11.3 Å². The van der Waals surface area contributed by atoms with E-state index >= 15 is 0 Å². The summed E-state index contributed by atoms with van der Waals surface area (Å²) in [6, 6.07) is 0. The third-order valence-corrected chi connectivity index (χ3v) is 2.40. The van der Waals surface area contributed by atoms with Crippen LogP contribution in [0.15, 0.2) is 0 Å². The van der Waals surface area contributed by atoms with Gasteiger partial charge in [0.2, 0.25) is 5.01 Å². The Kier molecular flexibility index (Phi) is 4.00. The number of carbonyl (C=O) groups is 2. The molecule has 1 rings (SSSR count). The van der Waals surface area contributed by atoms with Crippen molar-refractivity contribution in [1.29, 1.82) is 0 Å². The van der Waals surface area contributed by atoms with Crippen molar-refractivity contribution in [3.8, 4) is 0 Å². The number of primary amides is 1. The van der Waals surface area contributed by atoms with Crippen LogP contribution in [0, 0.1) is 0 Å². The van der Waals surface area contributed by atoms with Crippen LogP contribution in [0.1, 0.15) is 35.6 Å². The van der Waals surface area contributed by atoms with Gasteiger partial charge in [0.05, 0.1) is 6.54 Å². The maximum Gasteiger partial charge on any atom is 0.408 e. The number of carbonyl (C=O) groups excluding carboxylic acids is 2. The molecule has 0 atom stereocenters. The van der Waals surface area contributed by atoms with Crippen molar-refractivity contribution < 1.29 is 14.3 Å². The molecule has 0 aliphatic heterocycles. The van der Waals surface area contributed by atoms with E-state index < -0.39 is 17.6 Å². The smallest absolute Gasteiger partial charge is 0.408 e. The molecule has 0 aliphatic carbocycles. The van der Waals surface area contributed by atoms with Gasteiger partial charge in [-0.3, -0.25) is 4.79 Å². The molecule has 0 fully saturated rings. The van der Waals surface area contributed by atoms with E-state index in [2.05, 4.69) is 15.5 Å². The number of ether oxygens (including phenoxy) is 1. The topological polar surface area (TPSA) is 107 Å². The molecule has 8 heteroatoms. The van der Waals surface area contributed by atoms with Gasteiger partial charge in [0.25, 0.3) is 5.91 Å². The van der Waals surface area contributed by atoms with Crippen LogP contribution in [0.4, 0.5) is 4.79 Å². The van der Waals surface area contributed by atoms with E-state index in [-0.39, 0.29) is 11.6 Å². The zero-order chi connectivity index (χ0) is 13.1. The Balaban J connectivity index is 2.45. The second kappa shape index (κ2) is 5.09. The third kappa shape index (κ3) is 4.77. The summed E-state index contributed by atoms with van der Waals surface area (Å²) < 4.78 is 5.03. The maximum atomic E-state index is 11.3. The highest BCUT2D eigenvalue weighted by atomic mass is 32.1. The summed E-state index contributed by atoms with van der Waals surface area (Å²) >= 11 is 1.03. The normalized spacial score (nSPS) is 11.0. The van der Waals surface area contributed by atoms with Gasteiger partial charge in [0.1, 0.15) is 10.6 Å². The lowest BCUT2D eigenvalue weighted by atomic mass is 10.2. The minimum absolute atomic E-state index is 0.117. The zero-order valence-corrected chi connectivity index (χ0v) is 10.6. The number of amides is 2. The number of nitrogens with one attached hydrogen (secondary N) is 1. The standard InChI is InChI=1S/C9H14N4O3S/c1-9(2,3)16-8(15)11-4-5-12-13-7(17-5)6(10)14/h4H2,1-3H3,(H2,10,14)(H,11,15). The van der Waals surface area contributed by atoms with Crippen LogP contribution in [0.2, 0.25) is 0 Å². The van der Waals surface area contributed by atoms with Gasteiger partial charge in [0.15, 0.2) is 0 Å². The van der Waals surface area contributed by atoms with E-state index in [1.165, 1.54) is 0 Å². The summed E-state index contributed by atoms with van der Waals surface area (Å²) in [5, 5.41) is 10.4. The first-order valence-corrected chi connectivity index (χ1v) is 5.68. The van der Waals surface area contributed by atoms with Crippen molar-refractivity contribution in [2.45, 2.75) is 32.9 Å². The summed E-state index contributed by atoms with van der Waals surface area (Å²) in [4.78, 5) is 22.1. The molecule has 3 N–H and O–H groups in total. The first kappa shape index (κ1) is 13.4. The van der Waals surface area contributed by atoms with E-state index in [9.17, 15) is 9.59 Å². The molecule has 7 nitrogen and oxygen atoms in total. The highest BCUT2D eigenvalue weighted by Gasteiger charge is 2.16. The van der Waals surface area contributed by atoms with Gasteiger partial charge in [-0.25, -0.2) is 4.79 Å². The molecule has 0 saturated carbocycles. The molecule has 1 aromatic rings. The zero-order valence-electron chi connectivity index (χ0n) is 9.81. The Bertz CT molecular complexity index is 424. The number of hydrogen-bond donors (Lipinski definition) is 2. The Morgan fingerprint density at radius 2 is 2.06 bits per heavy atom. The number of nitrogens with zero attached hydrogens (tertiary/aromatic N) is 2. The Morgan fingerprint density at radius 1 is 1.41 bits per heavy atom. The molecule has 0 spiro atoms. The molecule has 1 aromatic heterocycles. The van der Waals surface area contributed by atoms with E-state index in [0.29, 0.717) is 5.01 Å². The highest BCUT2D eigenvalue weighted by molar-refractivity contribution is 7.13. The van der Waals surface area contributed by atoms with Gasteiger partial charge in [-0.05, 0) is 20.8 Å². The van der Waals surface area contributed by atoms with Crippen molar-refractivity contribution in [3.63, 3.8) is 0 Å². The molecule has 17 heavy (non-hydrogen) atoms. The monoisotopic (exact) mass is 258 g/mol. The Morgan fingerprint density at radius 3 is 2.53 bits per heavy atom. The van der Waals surface area contributed by atoms with Gasteiger partial charge >= 0.3 is 6.09 Å². The molecular weight excluding hydrogens is 244 g/mol.